The van der Waals surface area contributed by atoms with E-state index in [-0.39, 0.29) is 5.91 Å². The highest BCUT2D eigenvalue weighted by Gasteiger charge is 2.07. The Balaban J connectivity index is 1.63. The van der Waals surface area contributed by atoms with Crippen molar-refractivity contribution in [3.63, 3.8) is 0 Å². The Morgan fingerprint density at radius 3 is 2.50 bits per heavy atom. The quantitative estimate of drug-likeness (QED) is 0.467. The van der Waals surface area contributed by atoms with Crippen molar-refractivity contribution >= 4 is 35.2 Å². The highest BCUT2D eigenvalue weighted by atomic mass is 35.5. The van der Waals surface area contributed by atoms with E-state index in [4.69, 9.17) is 16.0 Å². The summed E-state index contributed by atoms with van der Waals surface area (Å²) in [7, 11) is 1.32. The Hall–Kier alpha value is -3.31. The van der Waals surface area contributed by atoms with Crippen molar-refractivity contribution in [2.24, 2.45) is 0 Å². The van der Waals surface area contributed by atoms with Gasteiger partial charge in [-0.15, -0.1) is 0 Å². The molecule has 3 aromatic rings. The smallest absolute Gasteiger partial charge is 0.337 e. The minimum Gasteiger partial charge on any atom is -0.465 e. The van der Waals surface area contributed by atoms with Gasteiger partial charge in [0.15, 0.2) is 0 Å². The first-order valence-electron chi connectivity index (χ1n) is 8.50. The SMILES string of the molecule is COC(=O)c1ccc(NC(=O)/C=C/c2ccc(-c3ccc(C)c(Cl)c3)o2)cc1. The summed E-state index contributed by atoms with van der Waals surface area (Å²) < 4.78 is 10.4. The van der Waals surface area contributed by atoms with Crippen molar-refractivity contribution in [1.82, 2.24) is 0 Å². The van der Waals surface area contributed by atoms with Crippen LogP contribution in [0, 0.1) is 6.92 Å². The Morgan fingerprint density at radius 1 is 1.07 bits per heavy atom. The zero-order valence-corrected chi connectivity index (χ0v) is 16.1. The van der Waals surface area contributed by atoms with Gasteiger partial charge in [0.05, 0.1) is 12.7 Å². The molecule has 1 heterocycles. The van der Waals surface area contributed by atoms with Gasteiger partial charge in [0.25, 0.3) is 0 Å². The molecule has 0 spiro atoms. The maximum atomic E-state index is 12.1. The predicted molar refractivity (Wildman–Crippen MR) is 109 cm³/mol. The molecule has 0 fully saturated rings. The molecule has 1 aromatic heterocycles. The summed E-state index contributed by atoms with van der Waals surface area (Å²) in [5, 5.41) is 3.38. The van der Waals surface area contributed by atoms with Crippen LogP contribution in [-0.4, -0.2) is 19.0 Å². The summed E-state index contributed by atoms with van der Waals surface area (Å²) in [4.78, 5) is 23.5. The number of rotatable bonds is 5. The van der Waals surface area contributed by atoms with Crippen LogP contribution in [0.1, 0.15) is 21.7 Å². The van der Waals surface area contributed by atoms with Crippen molar-refractivity contribution in [3.8, 4) is 11.3 Å². The summed E-state index contributed by atoms with van der Waals surface area (Å²) in [6, 6.07) is 15.7. The molecule has 6 heteroatoms. The second-order valence-electron chi connectivity index (χ2n) is 6.06. The summed E-state index contributed by atoms with van der Waals surface area (Å²) >= 11 is 6.15. The topological polar surface area (TPSA) is 68.5 Å². The van der Waals surface area contributed by atoms with Crippen LogP contribution in [0.25, 0.3) is 17.4 Å². The van der Waals surface area contributed by atoms with E-state index in [0.29, 0.717) is 27.8 Å². The number of carbonyl (C=O) groups is 2. The first-order chi connectivity index (χ1) is 13.5. The molecule has 1 amide bonds. The third kappa shape index (κ3) is 4.69. The fourth-order valence-corrected chi connectivity index (χ4v) is 2.67. The lowest BCUT2D eigenvalue weighted by atomic mass is 10.1. The number of hydrogen-bond donors (Lipinski definition) is 1. The third-order valence-corrected chi connectivity index (χ3v) is 4.46. The number of amides is 1. The van der Waals surface area contributed by atoms with Gasteiger partial charge in [-0.2, -0.15) is 0 Å². The Morgan fingerprint density at radius 2 is 1.82 bits per heavy atom. The molecule has 28 heavy (non-hydrogen) atoms. The van der Waals surface area contributed by atoms with Gasteiger partial charge in [0.1, 0.15) is 11.5 Å². The Kier molecular flexibility index (Phi) is 5.96. The molecule has 142 valence electrons. The van der Waals surface area contributed by atoms with E-state index in [1.165, 1.54) is 13.2 Å². The lowest BCUT2D eigenvalue weighted by Gasteiger charge is -2.03. The largest absolute Gasteiger partial charge is 0.465 e. The average Bonchev–Trinajstić information content (AvgIpc) is 3.17. The molecule has 0 saturated heterocycles. The van der Waals surface area contributed by atoms with Crippen molar-refractivity contribution in [1.29, 1.82) is 0 Å². The number of furan rings is 1. The van der Waals surface area contributed by atoms with Crippen LogP contribution in [0.3, 0.4) is 0 Å². The van der Waals surface area contributed by atoms with Gasteiger partial charge < -0.3 is 14.5 Å². The molecule has 0 aliphatic carbocycles. The number of esters is 1. The lowest BCUT2D eigenvalue weighted by Crippen LogP contribution is -2.08. The van der Waals surface area contributed by atoms with Crippen molar-refractivity contribution < 1.29 is 18.7 Å². The first-order valence-corrected chi connectivity index (χ1v) is 8.88. The summed E-state index contributed by atoms with van der Waals surface area (Å²) in [5.41, 5.74) is 2.84. The molecule has 5 nitrogen and oxygen atoms in total. The normalized spacial score (nSPS) is 10.8. The molecule has 0 atom stereocenters. The van der Waals surface area contributed by atoms with Crippen molar-refractivity contribution in [3.05, 3.63) is 82.6 Å². The number of aryl methyl sites for hydroxylation is 1. The summed E-state index contributed by atoms with van der Waals surface area (Å²) in [5.74, 6) is 0.464. The van der Waals surface area contributed by atoms with Crippen molar-refractivity contribution in [2.75, 3.05) is 12.4 Å². The van der Waals surface area contributed by atoms with Crippen LogP contribution >= 0.6 is 11.6 Å². The maximum absolute atomic E-state index is 12.1. The Bertz CT molecular complexity index is 1030. The van der Waals surface area contributed by atoms with Gasteiger partial charge in [-0.3, -0.25) is 4.79 Å². The van der Waals surface area contributed by atoms with E-state index in [2.05, 4.69) is 10.1 Å². The van der Waals surface area contributed by atoms with Gasteiger partial charge in [0, 0.05) is 22.3 Å². The van der Waals surface area contributed by atoms with Gasteiger partial charge >= 0.3 is 5.97 Å². The van der Waals surface area contributed by atoms with Crippen LogP contribution in [-0.2, 0) is 9.53 Å². The number of anilines is 1. The number of ether oxygens (including phenoxy) is 1. The maximum Gasteiger partial charge on any atom is 0.337 e. The third-order valence-electron chi connectivity index (χ3n) is 4.06. The molecule has 0 bridgehead atoms. The number of methoxy groups -OCH3 is 1. The number of halogens is 1. The van der Waals surface area contributed by atoms with E-state index < -0.39 is 5.97 Å². The zero-order valence-electron chi connectivity index (χ0n) is 15.4. The average molecular weight is 396 g/mol. The van der Waals surface area contributed by atoms with Gasteiger partial charge in [0.2, 0.25) is 5.91 Å². The highest BCUT2D eigenvalue weighted by Crippen LogP contribution is 2.27. The summed E-state index contributed by atoms with van der Waals surface area (Å²) in [6.07, 6.45) is 2.95. The zero-order chi connectivity index (χ0) is 20.1. The number of carbonyl (C=O) groups excluding carboxylic acids is 2. The second kappa shape index (κ2) is 8.59. The van der Waals surface area contributed by atoms with E-state index in [9.17, 15) is 9.59 Å². The van der Waals surface area contributed by atoms with E-state index in [1.807, 2.05) is 31.2 Å². The van der Waals surface area contributed by atoms with Crippen LogP contribution in [0.5, 0.6) is 0 Å². The van der Waals surface area contributed by atoms with Gasteiger partial charge in [-0.05, 0) is 61.0 Å². The fourth-order valence-electron chi connectivity index (χ4n) is 2.49. The minimum absolute atomic E-state index is 0.317. The van der Waals surface area contributed by atoms with E-state index in [0.717, 1.165) is 11.1 Å². The van der Waals surface area contributed by atoms with Gasteiger partial charge in [-0.25, -0.2) is 4.79 Å². The molecular weight excluding hydrogens is 378 g/mol. The standard InChI is InChI=1S/C22H18ClNO4/c1-14-3-4-16(13-19(14)23)20-11-9-18(28-20)10-12-21(25)24-17-7-5-15(6-8-17)22(26)27-2/h3-13H,1-2H3,(H,24,25)/b12-10+. The van der Waals surface area contributed by atoms with Crippen LogP contribution in [0.2, 0.25) is 5.02 Å². The molecule has 0 unspecified atom stereocenters. The molecule has 2 aromatic carbocycles. The summed E-state index contributed by atoms with van der Waals surface area (Å²) in [6.45, 7) is 1.93. The molecule has 3 rings (SSSR count). The van der Waals surface area contributed by atoms with Crippen LogP contribution in [0.15, 0.2) is 65.1 Å². The minimum atomic E-state index is -0.429. The highest BCUT2D eigenvalue weighted by molar-refractivity contribution is 6.31. The number of benzene rings is 2. The molecule has 0 aliphatic heterocycles. The molecule has 1 N–H and O–H groups in total. The molecular formula is C22H18ClNO4. The first kappa shape index (κ1) is 19.5. The van der Waals surface area contributed by atoms with Gasteiger partial charge in [-0.1, -0.05) is 23.7 Å². The van der Waals surface area contributed by atoms with Crippen LogP contribution in [0.4, 0.5) is 5.69 Å². The monoisotopic (exact) mass is 395 g/mol. The number of hydrogen-bond acceptors (Lipinski definition) is 4. The fraction of sp³-hybridized carbons (Fsp3) is 0.0909. The number of nitrogens with one attached hydrogen (secondary N) is 1. The molecule has 0 radical (unpaired) electrons. The predicted octanol–water partition coefficient (Wildman–Crippen LogP) is 5.35. The Labute approximate surface area is 167 Å². The second-order valence-corrected chi connectivity index (χ2v) is 6.46. The van der Waals surface area contributed by atoms with Crippen LogP contribution < -0.4 is 5.32 Å². The lowest BCUT2D eigenvalue weighted by molar-refractivity contribution is -0.111. The van der Waals surface area contributed by atoms with E-state index >= 15 is 0 Å². The molecule has 0 aliphatic rings. The molecule has 0 saturated carbocycles. The van der Waals surface area contributed by atoms with E-state index in [1.54, 1.807) is 36.4 Å². The van der Waals surface area contributed by atoms with Crippen molar-refractivity contribution in [2.45, 2.75) is 6.92 Å².